The molecule has 300 valence electrons. The first-order chi connectivity index (χ1) is 30.4. The Hall–Kier alpha value is -5.90. The van der Waals surface area contributed by atoms with Crippen LogP contribution in [0.3, 0.4) is 0 Å². The molecule has 0 fully saturated rings. The molecule has 13 aromatic rings. The van der Waals surface area contributed by atoms with Crippen LogP contribution in [0.1, 0.15) is 0 Å². The molecule has 0 saturated carbocycles. The lowest BCUT2D eigenvalue weighted by Gasteiger charge is -2.02. The van der Waals surface area contributed by atoms with Crippen LogP contribution in [-0.2, 0) is 0 Å². The number of benzene rings is 9. The maximum absolute atomic E-state index is 6.06. The predicted molar refractivity (Wildman–Crippen MR) is 271 cm³/mol. The average Bonchev–Trinajstić information content (AvgIpc) is 4.09. The Morgan fingerprint density at radius 2 is 0.629 bits per heavy atom. The molecule has 0 aliphatic rings. The van der Waals surface area contributed by atoms with E-state index in [2.05, 4.69) is 149 Å². The van der Waals surface area contributed by atoms with Crippen LogP contribution in [-0.4, -0.2) is 0 Å². The number of para-hydroxylation sites is 7. The molecule has 0 aliphatic carbocycles. The number of halogens is 4. The van der Waals surface area contributed by atoms with Gasteiger partial charge in [0.1, 0.15) is 44.7 Å². The molecule has 0 N–H and O–H groups in total. The molecular formula is C54H32Br4O4. The molecule has 0 amide bonds. The van der Waals surface area contributed by atoms with Gasteiger partial charge in [0.15, 0.2) is 0 Å². The first-order valence-corrected chi connectivity index (χ1v) is 22.9. The highest BCUT2D eigenvalue weighted by molar-refractivity contribution is 9.11. The maximum Gasteiger partial charge on any atom is 0.149 e. The van der Waals surface area contributed by atoms with E-state index >= 15 is 0 Å². The van der Waals surface area contributed by atoms with Gasteiger partial charge in [-0.05, 0) is 104 Å². The highest BCUT2D eigenvalue weighted by Gasteiger charge is 2.12. The summed E-state index contributed by atoms with van der Waals surface area (Å²) in [5.74, 6) is 0. The first kappa shape index (κ1) is 40.2. The fourth-order valence-corrected chi connectivity index (χ4v) is 9.25. The Kier molecular flexibility index (Phi) is 11.3. The number of fused-ring (bicyclic) bond motifs is 12. The molecule has 9 aromatic carbocycles. The zero-order chi connectivity index (χ0) is 42.2. The second-order valence-electron chi connectivity index (χ2n) is 14.5. The second-order valence-corrected chi connectivity index (χ2v) is 18.0. The molecule has 0 saturated heterocycles. The molecular weight excluding hydrogens is 1030 g/mol. The molecule has 4 heterocycles. The predicted octanol–water partition coefficient (Wildman–Crippen LogP) is 19.1. The smallest absolute Gasteiger partial charge is 0.149 e. The molecule has 0 radical (unpaired) electrons. The fraction of sp³-hybridized carbons (Fsp3) is 0. The Balaban J connectivity index is 0.0000000999. The summed E-state index contributed by atoms with van der Waals surface area (Å²) in [4.78, 5) is 0. The first-order valence-electron chi connectivity index (χ1n) is 19.7. The van der Waals surface area contributed by atoms with Crippen molar-refractivity contribution in [3.63, 3.8) is 0 Å². The summed E-state index contributed by atoms with van der Waals surface area (Å²) in [5, 5.41) is 9.33. The van der Waals surface area contributed by atoms with Gasteiger partial charge in [0.25, 0.3) is 0 Å². The molecule has 0 unspecified atom stereocenters. The number of hydrogen-bond acceptors (Lipinski definition) is 4. The van der Waals surface area contributed by atoms with Gasteiger partial charge in [-0.2, -0.15) is 0 Å². The van der Waals surface area contributed by atoms with Gasteiger partial charge in [0.2, 0.25) is 0 Å². The molecule has 13 rings (SSSR count). The average molecular weight is 1060 g/mol. The summed E-state index contributed by atoms with van der Waals surface area (Å²) in [6.07, 6.45) is 0. The van der Waals surface area contributed by atoms with Crippen LogP contribution >= 0.6 is 63.7 Å². The minimum absolute atomic E-state index is 0.925. The van der Waals surface area contributed by atoms with Crippen molar-refractivity contribution >= 4 is 151 Å². The van der Waals surface area contributed by atoms with Crippen molar-refractivity contribution in [3.8, 4) is 11.1 Å². The SMILES string of the molecule is Brc1ccc(-c2cccc3c2oc2ccccc23)cc1.Brc1ccc2oc3ccccc3c2c1.Brc1cccc2c1oc1ccccc12.Brc1cccc2c1oc1ccccc12. The Morgan fingerprint density at radius 1 is 0.258 bits per heavy atom. The van der Waals surface area contributed by atoms with Crippen molar-refractivity contribution in [2.24, 2.45) is 0 Å². The molecule has 4 nitrogen and oxygen atoms in total. The van der Waals surface area contributed by atoms with Crippen molar-refractivity contribution in [1.29, 1.82) is 0 Å². The molecule has 0 aliphatic heterocycles. The van der Waals surface area contributed by atoms with Gasteiger partial charge in [-0.1, -0.05) is 159 Å². The van der Waals surface area contributed by atoms with Crippen molar-refractivity contribution < 1.29 is 17.7 Å². The lowest BCUT2D eigenvalue weighted by molar-refractivity contribution is 0.666. The summed E-state index contributed by atoms with van der Waals surface area (Å²) >= 11 is 13.9. The molecule has 0 bridgehead atoms. The van der Waals surface area contributed by atoms with Gasteiger partial charge >= 0.3 is 0 Å². The van der Waals surface area contributed by atoms with E-state index in [1.807, 2.05) is 109 Å². The van der Waals surface area contributed by atoms with E-state index in [1.54, 1.807) is 0 Å². The van der Waals surface area contributed by atoms with E-state index in [4.69, 9.17) is 17.7 Å². The Labute approximate surface area is 389 Å². The van der Waals surface area contributed by atoms with E-state index in [-0.39, 0.29) is 0 Å². The largest absolute Gasteiger partial charge is 0.456 e. The zero-order valence-corrected chi connectivity index (χ0v) is 39.0. The van der Waals surface area contributed by atoms with Gasteiger partial charge in [-0.3, -0.25) is 0 Å². The normalized spacial score (nSPS) is 11.2. The lowest BCUT2D eigenvalue weighted by Crippen LogP contribution is -1.78. The highest BCUT2D eigenvalue weighted by Crippen LogP contribution is 2.37. The molecule has 0 atom stereocenters. The van der Waals surface area contributed by atoms with E-state index in [0.717, 1.165) is 89.8 Å². The quantitative estimate of drug-likeness (QED) is 0.164. The molecule has 8 heteroatoms. The van der Waals surface area contributed by atoms with Gasteiger partial charge in [0.05, 0.1) is 8.95 Å². The maximum atomic E-state index is 6.06. The minimum atomic E-state index is 0.925. The van der Waals surface area contributed by atoms with Crippen LogP contribution < -0.4 is 0 Å². The van der Waals surface area contributed by atoms with E-state index in [0.29, 0.717) is 0 Å². The van der Waals surface area contributed by atoms with Crippen LogP contribution in [0.4, 0.5) is 0 Å². The van der Waals surface area contributed by atoms with E-state index < -0.39 is 0 Å². The number of hydrogen-bond donors (Lipinski definition) is 0. The van der Waals surface area contributed by atoms with E-state index in [1.165, 1.54) is 26.9 Å². The number of furan rings is 4. The minimum Gasteiger partial charge on any atom is -0.456 e. The van der Waals surface area contributed by atoms with Crippen molar-refractivity contribution in [2.75, 3.05) is 0 Å². The fourth-order valence-electron chi connectivity index (χ4n) is 7.73. The standard InChI is InChI=1S/C18H11BrO.3C12H7BrO/c19-13-10-8-12(9-11-13)14-5-3-6-16-15-4-1-2-7-17(15)20-18(14)16;2*13-10-6-3-5-9-8-4-1-2-7-11(8)14-12(9)10;13-8-5-6-12-10(7-8)9-3-1-2-4-11(9)14-12/h1-11H;3*1-7H. The van der Waals surface area contributed by atoms with Crippen molar-refractivity contribution in [2.45, 2.75) is 0 Å². The summed E-state index contributed by atoms with van der Waals surface area (Å²) < 4.78 is 27.4. The van der Waals surface area contributed by atoms with Gasteiger partial charge in [0, 0.05) is 57.6 Å². The van der Waals surface area contributed by atoms with Crippen molar-refractivity contribution in [3.05, 3.63) is 212 Å². The third-order valence-corrected chi connectivity index (χ3v) is 12.9. The number of rotatable bonds is 1. The van der Waals surface area contributed by atoms with Gasteiger partial charge in [-0.25, -0.2) is 0 Å². The molecule has 4 aromatic heterocycles. The van der Waals surface area contributed by atoms with Crippen LogP contribution in [0.15, 0.2) is 230 Å². The Morgan fingerprint density at radius 3 is 1.15 bits per heavy atom. The topological polar surface area (TPSA) is 52.6 Å². The summed E-state index contributed by atoms with van der Waals surface area (Å²) in [6.45, 7) is 0. The van der Waals surface area contributed by atoms with Gasteiger partial charge < -0.3 is 17.7 Å². The van der Waals surface area contributed by atoms with Crippen LogP contribution in [0.25, 0.3) is 98.9 Å². The summed E-state index contributed by atoms with van der Waals surface area (Å²) in [5.41, 5.74) is 9.80. The highest BCUT2D eigenvalue weighted by atomic mass is 79.9. The molecule has 0 spiro atoms. The molecule has 62 heavy (non-hydrogen) atoms. The second kappa shape index (κ2) is 17.5. The Bertz CT molecular complexity index is 3580. The zero-order valence-electron chi connectivity index (χ0n) is 32.6. The van der Waals surface area contributed by atoms with E-state index in [9.17, 15) is 0 Å². The van der Waals surface area contributed by atoms with Gasteiger partial charge in [-0.15, -0.1) is 0 Å². The van der Waals surface area contributed by atoms with Crippen LogP contribution in [0.5, 0.6) is 0 Å². The summed E-state index contributed by atoms with van der Waals surface area (Å²) in [6, 6.07) is 65.3. The van der Waals surface area contributed by atoms with Crippen LogP contribution in [0.2, 0.25) is 0 Å². The third-order valence-electron chi connectivity index (χ3n) is 10.6. The van der Waals surface area contributed by atoms with Crippen LogP contribution in [0, 0.1) is 0 Å². The summed E-state index contributed by atoms with van der Waals surface area (Å²) in [7, 11) is 0. The lowest BCUT2D eigenvalue weighted by atomic mass is 10.0. The third kappa shape index (κ3) is 7.88. The monoisotopic (exact) mass is 1060 g/mol. The van der Waals surface area contributed by atoms with Crippen molar-refractivity contribution in [1.82, 2.24) is 0 Å².